The lowest BCUT2D eigenvalue weighted by Gasteiger charge is -2.27. The van der Waals surface area contributed by atoms with Crippen molar-refractivity contribution in [2.75, 3.05) is 6.54 Å². The first-order valence-electron chi connectivity index (χ1n) is 7.75. The Morgan fingerprint density at radius 3 is 2.67 bits per heavy atom. The van der Waals surface area contributed by atoms with Crippen molar-refractivity contribution in [2.24, 2.45) is 5.73 Å². The van der Waals surface area contributed by atoms with Gasteiger partial charge in [0.05, 0.1) is 24.3 Å². The molecule has 0 saturated heterocycles. The average molecular weight is 347 g/mol. The van der Waals surface area contributed by atoms with Crippen LogP contribution in [-0.2, 0) is 13.1 Å². The van der Waals surface area contributed by atoms with Gasteiger partial charge in [0, 0.05) is 23.0 Å². The molecule has 2 aromatic rings. The van der Waals surface area contributed by atoms with E-state index in [1.165, 1.54) is 4.90 Å². The summed E-state index contributed by atoms with van der Waals surface area (Å²) in [5.41, 5.74) is 7.86. The molecule has 1 aliphatic heterocycles. The Kier molecular flexibility index (Phi) is 4.08. The Bertz CT molecular complexity index is 773. The van der Waals surface area contributed by atoms with Crippen molar-refractivity contribution in [3.63, 3.8) is 0 Å². The third kappa shape index (κ3) is 3.14. The Labute approximate surface area is 144 Å². The number of thiophene rings is 1. The molecule has 0 unspecified atom stereocenters. The molecule has 0 fully saturated rings. The topological polar surface area (TPSA) is 93.2 Å². The number of hydrogen-bond acceptors (Lipinski definition) is 4. The minimum absolute atomic E-state index is 0.184. The molecular formula is C16H21N5O2S. The van der Waals surface area contributed by atoms with Crippen LogP contribution in [0, 0.1) is 0 Å². The van der Waals surface area contributed by atoms with Crippen LogP contribution in [0.15, 0.2) is 16.8 Å². The maximum absolute atomic E-state index is 12.9. The molecule has 3 N–H and O–H groups in total. The third-order valence-electron chi connectivity index (χ3n) is 3.80. The lowest BCUT2D eigenvalue weighted by molar-refractivity contribution is 0.0916. The summed E-state index contributed by atoms with van der Waals surface area (Å²) in [5.74, 6) is -0.184. The second-order valence-corrected chi connectivity index (χ2v) is 7.65. The second-order valence-electron chi connectivity index (χ2n) is 6.87. The largest absolute Gasteiger partial charge is 0.351 e. The summed E-state index contributed by atoms with van der Waals surface area (Å²) in [7, 11) is 0. The zero-order valence-electron chi connectivity index (χ0n) is 14.0. The normalized spacial score (nSPS) is 14.4. The molecule has 0 atom stereocenters. The van der Waals surface area contributed by atoms with Crippen molar-refractivity contribution in [2.45, 2.75) is 39.4 Å². The summed E-state index contributed by atoms with van der Waals surface area (Å²) in [6.07, 6.45) is 0. The van der Waals surface area contributed by atoms with Gasteiger partial charge in [-0.1, -0.05) is 0 Å². The van der Waals surface area contributed by atoms with Crippen molar-refractivity contribution in [3.8, 4) is 11.3 Å². The number of nitrogens with zero attached hydrogens (tertiary/aromatic N) is 3. The smallest absolute Gasteiger partial charge is 0.315 e. The van der Waals surface area contributed by atoms with Gasteiger partial charge in [0.25, 0.3) is 5.91 Å². The molecule has 0 radical (unpaired) electrons. The highest BCUT2D eigenvalue weighted by atomic mass is 32.1. The third-order valence-corrected chi connectivity index (χ3v) is 4.49. The van der Waals surface area contributed by atoms with Gasteiger partial charge in [-0.3, -0.25) is 9.48 Å². The van der Waals surface area contributed by atoms with Crippen LogP contribution >= 0.6 is 11.3 Å². The van der Waals surface area contributed by atoms with E-state index in [2.05, 4.69) is 10.4 Å². The number of aromatic nitrogens is 2. The van der Waals surface area contributed by atoms with Crippen LogP contribution in [0.25, 0.3) is 11.3 Å². The molecule has 7 nitrogen and oxygen atoms in total. The maximum atomic E-state index is 12.9. The summed E-state index contributed by atoms with van der Waals surface area (Å²) in [6, 6.07) is 1.46. The lowest BCUT2D eigenvalue weighted by Crippen LogP contribution is -2.44. The summed E-state index contributed by atoms with van der Waals surface area (Å²) >= 11 is 1.55. The van der Waals surface area contributed by atoms with E-state index in [0.717, 1.165) is 11.3 Å². The molecule has 3 rings (SSSR count). The summed E-state index contributed by atoms with van der Waals surface area (Å²) in [4.78, 5) is 25.9. The molecular weight excluding hydrogens is 326 g/mol. The van der Waals surface area contributed by atoms with Gasteiger partial charge < -0.3 is 16.0 Å². The van der Waals surface area contributed by atoms with Gasteiger partial charge in [-0.05, 0) is 32.2 Å². The first-order chi connectivity index (χ1) is 11.3. The molecule has 0 aromatic carbocycles. The highest BCUT2D eigenvalue weighted by molar-refractivity contribution is 7.08. The molecule has 0 spiro atoms. The molecule has 128 valence electrons. The minimum atomic E-state index is -0.485. The fourth-order valence-corrected chi connectivity index (χ4v) is 3.39. The van der Waals surface area contributed by atoms with Gasteiger partial charge in [0.2, 0.25) is 0 Å². The number of rotatable bonds is 2. The number of urea groups is 1. The van der Waals surface area contributed by atoms with Crippen molar-refractivity contribution in [3.05, 3.63) is 28.1 Å². The van der Waals surface area contributed by atoms with E-state index >= 15 is 0 Å². The van der Waals surface area contributed by atoms with Crippen LogP contribution in [0.5, 0.6) is 0 Å². The van der Waals surface area contributed by atoms with Crippen molar-refractivity contribution in [1.82, 2.24) is 20.0 Å². The molecule has 3 heterocycles. The first-order valence-corrected chi connectivity index (χ1v) is 8.69. The lowest BCUT2D eigenvalue weighted by atomic mass is 10.0. The Hall–Kier alpha value is -2.35. The zero-order valence-corrected chi connectivity index (χ0v) is 14.8. The van der Waals surface area contributed by atoms with E-state index in [1.807, 2.05) is 42.3 Å². The van der Waals surface area contributed by atoms with Crippen LogP contribution in [0.2, 0.25) is 0 Å². The number of nitrogens with one attached hydrogen (secondary N) is 1. The predicted molar refractivity (Wildman–Crippen MR) is 92.8 cm³/mol. The Balaban J connectivity index is 2.08. The number of carbonyl (C=O) groups is 2. The summed E-state index contributed by atoms with van der Waals surface area (Å²) < 4.78 is 1.81. The van der Waals surface area contributed by atoms with Gasteiger partial charge in [-0.15, -0.1) is 0 Å². The fourth-order valence-electron chi connectivity index (χ4n) is 2.75. The highest BCUT2D eigenvalue weighted by Gasteiger charge is 2.31. The number of nitrogens with two attached hydrogens (primary N) is 1. The van der Waals surface area contributed by atoms with Crippen molar-refractivity contribution in [1.29, 1.82) is 0 Å². The van der Waals surface area contributed by atoms with E-state index in [1.54, 1.807) is 11.3 Å². The molecule has 24 heavy (non-hydrogen) atoms. The van der Waals surface area contributed by atoms with E-state index in [4.69, 9.17) is 5.73 Å². The standard InChI is InChI=1S/C16H21N5O2S/c1-16(2,3)18-14(22)12-11-8-20(15(17)23)5-6-21(11)19-13(12)10-4-7-24-9-10/h4,7,9H,5-6,8H2,1-3H3,(H2,17,23)(H,18,22). The number of fused-ring (bicyclic) bond motifs is 1. The quantitative estimate of drug-likeness (QED) is 0.870. The molecule has 0 bridgehead atoms. The first kappa shape index (κ1) is 16.5. The zero-order chi connectivity index (χ0) is 17.5. The van der Waals surface area contributed by atoms with Crippen LogP contribution < -0.4 is 11.1 Å². The van der Waals surface area contributed by atoms with Crippen LogP contribution in [0.1, 0.15) is 36.8 Å². The number of primary amides is 1. The van der Waals surface area contributed by atoms with Crippen molar-refractivity contribution >= 4 is 23.3 Å². The minimum Gasteiger partial charge on any atom is -0.351 e. The predicted octanol–water partition coefficient (Wildman–Crippen LogP) is 2.03. The fraction of sp³-hybridized carbons (Fsp3) is 0.438. The Morgan fingerprint density at radius 1 is 1.33 bits per heavy atom. The molecule has 3 amide bonds. The van der Waals surface area contributed by atoms with Gasteiger partial charge >= 0.3 is 6.03 Å². The van der Waals surface area contributed by atoms with E-state index in [-0.39, 0.29) is 11.4 Å². The molecule has 0 saturated carbocycles. The van der Waals surface area contributed by atoms with Crippen molar-refractivity contribution < 1.29 is 9.59 Å². The second kappa shape index (κ2) is 5.94. The average Bonchev–Trinajstić information content (AvgIpc) is 3.11. The number of carbonyl (C=O) groups excluding carboxylic acids is 2. The monoisotopic (exact) mass is 347 g/mol. The van der Waals surface area contributed by atoms with Gasteiger partial charge in [0.1, 0.15) is 5.69 Å². The number of hydrogen-bond donors (Lipinski definition) is 2. The Morgan fingerprint density at radius 2 is 2.08 bits per heavy atom. The number of amides is 3. The van der Waals surface area contributed by atoms with Crippen LogP contribution in [0.4, 0.5) is 4.79 Å². The van der Waals surface area contributed by atoms with Gasteiger partial charge in [-0.25, -0.2) is 4.79 Å². The summed E-state index contributed by atoms with van der Waals surface area (Å²) in [5, 5.41) is 11.5. The van der Waals surface area contributed by atoms with Gasteiger partial charge in [0.15, 0.2) is 0 Å². The SMILES string of the molecule is CC(C)(C)NC(=O)c1c(-c2ccsc2)nn2c1CN(C(N)=O)CC2. The molecule has 1 aliphatic rings. The molecule has 8 heteroatoms. The maximum Gasteiger partial charge on any atom is 0.315 e. The van der Waals surface area contributed by atoms with E-state index < -0.39 is 6.03 Å². The van der Waals surface area contributed by atoms with Crippen LogP contribution in [0.3, 0.4) is 0 Å². The van der Waals surface area contributed by atoms with E-state index in [9.17, 15) is 9.59 Å². The highest BCUT2D eigenvalue weighted by Crippen LogP contribution is 2.30. The van der Waals surface area contributed by atoms with Gasteiger partial charge in [-0.2, -0.15) is 16.4 Å². The van der Waals surface area contributed by atoms with E-state index in [0.29, 0.717) is 30.9 Å². The molecule has 2 aromatic heterocycles. The van der Waals surface area contributed by atoms with Crippen LogP contribution in [-0.4, -0.2) is 38.7 Å². The summed E-state index contributed by atoms with van der Waals surface area (Å²) in [6.45, 7) is 7.10. The molecule has 0 aliphatic carbocycles.